The number of anilines is 1. The van der Waals surface area contributed by atoms with Crippen molar-refractivity contribution >= 4 is 33.4 Å². The number of hydrazone groups is 1. The summed E-state index contributed by atoms with van der Waals surface area (Å²) >= 11 is 3.52. The maximum Gasteiger partial charge on any atom is 0.126 e. The summed E-state index contributed by atoms with van der Waals surface area (Å²) in [6, 6.07) is 24.4. The van der Waals surface area contributed by atoms with Crippen LogP contribution in [0.1, 0.15) is 23.6 Å². The molecule has 0 saturated heterocycles. The van der Waals surface area contributed by atoms with Crippen LogP contribution < -0.4 is 14.5 Å². The highest BCUT2D eigenvalue weighted by molar-refractivity contribution is 9.10. The van der Waals surface area contributed by atoms with Gasteiger partial charge in [-0.25, -0.2) is 0 Å². The highest BCUT2D eigenvalue weighted by Gasteiger charge is 2.30. The molecule has 1 aliphatic heterocycles. The second-order valence-corrected chi connectivity index (χ2v) is 7.87. The van der Waals surface area contributed by atoms with Crippen LogP contribution in [0, 0.1) is 0 Å². The Morgan fingerprint density at radius 3 is 2.27 bits per heavy atom. The van der Waals surface area contributed by atoms with E-state index in [1.54, 1.807) is 14.2 Å². The first kappa shape index (κ1) is 20.2. The number of ether oxygens (including phenoxy) is 2. The largest absolute Gasteiger partial charge is 0.496 e. The van der Waals surface area contributed by atoms with Gasteiger partial charge in [0.2, 0.25) is 0 Å². The Balaban J connectivity index is 1.69. The highest BCUT2D eigenvalue weighted by Crippen LogP contribution is 2.39. The van der Waals surface area contributed by atoms with E-state index < -0.39 is 0 Å². The summed E-state index contributed by atoms with van der Waals surface area (Å²) < 4.78 is 12.1. The van der Waals surface area contributed by atoms with E-state index in [-0.39, 0.29) is 6.04 Å². The second-order valence-electron chi connectivity index (χ2n) is 6.95. The summed E-state index contributed by atoms with van der Waals surface area (Å²) in [5.41, 5.74) is 4.18. The first-order valence-corrected chi connectivity index (χ1v) is 10.5. The lowest BCUT2D eigenvalue weighted by atomic mass is 9.99. The minimum atomic E-state index is 0.0552. The van der Waals surface area contributed by atoms with Gasteiger partial charge in [-0.15, -0.1) is 0 Å². The van der Waals surface area contributed by atoms with Gasteiger partial charge in [0.15, 0.2) is 0 Å². The normalized spacial score (nSPS) is 16.0. The van der Waals surface area contributed by atoms with Crippen LogP contribution in [0.5, 0.6) is 11.5 Å². The molecule has 0 spiro atoms. The van der Waals surface area contributed by atoms with E-state index in [9.17, 15) is 0 Å². The van der Waals surface area contributed by atoms with Gasteiger partial charge in [0, 0.05) is 22.0 Å². The third-order valence-corrected chi connectivity index (χ3v) is 5.65. The van der Waals surface area contributed by atoms with Crippen LogP contribution >= 0.6 is 15.9 Å². The van der Waals surface area contributed by atoms with Crippen molar-refractivity contribution in [1.29, 1.82) is 0 Å². The molecule has 1 heterocycles. The van der Waals surface area contributed by atoms with E-state index in [2.05, 4.69) is 51.3 Å². The van der Waals surface area contributed by atoms with Crippen LogP contribution in [0.4, 0.5) is 5.69 Å². The number of benzene rings is 3. The van der Waals surface area contributed by atoms with Gasteiger partial charge in [0.1, 0.15) is 11.5 Å². The molecule has 3 aromatic carbocycles. The Hall–Kier alpha value is -3.05. The van der Waals surface area contributed by atoms with Gasteiger partial charge in [-0.3, -0.25) is 5.01 Å². The van der Waals surface area contributed by atoms with Crippen molar-refractivity contribution in [2.45, 2.75) is 12.5 Å². The van der Waals surface area contributed by atoms with Crippen molar-refractivity contribution in [2.24, 2.45) is 5.10 Å². The van der Waals surface area contributed by atoms with Gasteiger partial charge in [0.25, 0.3) is 0 Å². The fourth-order valence-corrected chi connectivity index (χ4v) is 3.90. The van der Waals surface area contributed by atoms with Crippen molar-refractivity contribution in [2.75, 3.05) is 19.2 Å². The topological polar surface area (TPSA) is 34.1 Å². The predicted octanol–water partition coefficient (Wildman–Crippen LogP) is 6.49. The minimum absolute atomic E-state index is 0.0552. The SMILES string of the molecule is COc1ccccc1C=CC1=NN(c2ccc(Br)cc2)C(c2ccccc2OC)C1. The molecule has 1 aliphatic rings. The van der Waals surface area contributed by atoms with E-state index in [0.29, 0.717) is 0 Å². The summed E-state index contributed by atoms with van der Waals surface area (Å²) in [5.74, 6) is 1.72. The maximum atomic E-state index is 5.64. The van der Waals surface area contributed by atoms with Gasteiger partial charge in [0.05, 0.1) is 31.7 Å². The van der Waals surface area contributed by atoms with Crippen LogP contribution in [0.2, 0.25) is 0 Å². The van der Waals surface area contributed by atoms with E-state index in [0.717, 1.165) is 44.9 Å². The Bertz CT molecular complexity index is 1080. The number of hydrogen-bond acceptors (Lipinski definition) is 4. The quantitative estimate of drug-likeness (QED) is 0.419. The molecule has 0 N–H and O–H groups in total. The molecule has 1 unspecified atom stereocenters. The average Bonchev–Trinajstić information content (AvgIpc) is 3.22. The first-order chi connectivity index (χ1) is 14.7. The summed E-state index contributed by atoms with van der Waals surface area (Å²) in [6.45, 7) is 0. The van der Waals surface area contributed by atoms with Gasteiger partial charge in [-0.05, 0) is 48.6 Å². The molecule has 0 radical (unpaired) electrons. The second kappa shape index (κ2) is 9.18. The molecule has 4 nitrogen and oxygen atoms in total. The van der Waals surface area contributed by atoms with Gasteiger partial charge in [-0.2, -0.15) is 5.10 Å². The monoisotopic (exact) mass is 462 g/mol. The molecule has 0 saturated carbocycles. The minimum Gasteiger partial charge on any atom is -0.496 e. The number of para-hydroxylation sites is 2. The molecular formula is C25H23BrN2O2. The lowest BCUT2D eigenvalue weighted by Gasteiger charge is -2.25. The smallest absolute Gasteiger partial charge is 0.126 e. The van der Waals surface area contributed by atoms with Gasteiger partial charge < -0.3 is 9.47 Å². The van der Waals surface area contributed by atoms with Crippen LogP contribution in [0.25, 0.3) is 6.08 Å². The average molecular weight is 463 g/mol. The van der Waals surface area contributed by atoms with Crippen LogP contribution in [-0.2, 0) is 0 Å². The van der Waals surface area contributed by atoms with Gasteiger partial charge in [-0.1, -0.05) is 52.3 Å². The van der Waals surface area contributed by atoms with Crippen molar-refractivity contribution in [3.63, 3.8) is 0 Å². The molecular weight excluding hydrogens is 440 g/mol. The molecule has 3 aromatic rings. The number of halogens is 1. The zero-order valence-electron chi connectivity index (χ0n) is 17.0. The van der Waals surface area contributed by atoms with Crippen LogP contribution in [-0.4, -0.2) is 19.9 Å². The molecule has 0 amide bonds. The van der Waals surface area contributed by atoms with Crippen molar-refractivity contribution in [1.82, 2.24) is 0 Å². The molecule has 0 aliphatic carbocycles. The van der Waals surface area contributed by atoms with Crippen LogP contribution in [0.15, 0.2) is 88.4 Å². The molecule has 0 fully saturated rings. The molecule has 30 heavy (non-hydrogen) atoms. The zero-order valence-corrected chi connectivity index (χ0v) is 18.5. The molecule has 5 heteroatoms. The third kappa shape index (κ3) is 4.26. The molecule has 0 aromatic heterocycles. The number of methoxy groups -OCH3 is 2. The Kier molecular flexibility index (Phi) is 6.19. The number of rotatable bonds is 6. The van der Waals surface area contributed by atoms with Crippen molar-refractivity contribution in [3.05, 3.63) is 94.5 Å². The number of nitrogens with zero attached hydrogens (tertiary/aromatic N) is 2. The fourth-order valence-electron chi connectivity index (χ4n) is 3.64. The summed E-state index contributed by atoms with van der Waals surface area (Å²) in [4.78, 5) is 0. The lowest BCUT2D eigenvalue weighted by Crippen LogP contribution is -2.19. The van der Waals surface area contributed by atoms with E-state index in [4.69, 9.17) is 14.6 Å². The number of allylic oxidation sites excluding steroid dienone is 1. The van der Waals surface area contributed by atoms with Crippen molar-refractivity contribution in [3.8, 4) is 11.5 Å². The lowest BCUT2D eigenvalue weighted by molar-refractivity contribution is 0.405. The van der Waals surface area contributed by atoms with Crippen molar-refractivity contribution < 1.29 is 9.47 Å². The maximum absolute atomic E-state index is 5.64. The van der Waals surface area contributed by atoms with E-state index in [1.807, 2.05) is 54.6 Å². The molecule has 4 rings (SSSR count). The van der Waals surface area contributed by atoms with Gasteiger partial charge >= 0.3 is 0 Å². The molecule has 1 atom stereocenters. The third-order valence-electron chi connectivity index (χ3n) is 5.12. The standard InChI is InChI=1S/C25H23BrN2O2/c1-29-24-9-5-3-7-18(24)11-14-20-17-23(22-8-4-6-10-25(22)30-2)28(27-20)21-15-12-19(26)13-16-21/h3-16,23H,17H2,1-2H3. The first-order valence-electron chi connectivity index (χ1n) is 9.76. The summed E-state index contributed by atoms with van der Waals surface area (Å²) in [7, 11) is 3.40. The van der Waals surface area contributed by atoms with Crippen LogP contribution in [0.3, 0.4) is 0 Å². The Labute approximate surface area is 185 Å². The number of hydrogen-bond donors (Lipinski definition) is 0. The van der Waals surface area contributed by atoms with E-state index >= 15 is 0 Å². The molecule has 152 valence electrons. The fraction of sp³-hybridized carbons (Fsp3) is 0.160. The highest BCUT2D eigenvalue weighted by atomic mass is 79.9. The molecule has 0 bridgehead atoms. The zero-order chi connectivity index (χ0) is 20.9. The summed E-state index contributed by atoms with van der Waals surface area (Å²) in [5, 5.41) is 7.02. The predicted molar refractivity (Wildman–Crippen MR) is 126 cm³/mol. The van der Waals surface area contributed by atoms with E-state index in [1.165, 1.54) is 0 Å². The summed E-state index contributed by atoms with van der Waals surface area (Å²) in [6.07, 6.45) is 4.91. The Morgan fingerprint density at radius 1 is 0.867 bits per heavy atom. The Morgan fingerprint density at radius 2 is 1.53 bits per heavy atom.